The fourth-order valence-electron chi connectivity index (χ4n) is 3.23. The van der Waals surface area contributed by atoms with Crippen molar-refractivity contribution in [2.75, 3.05) is 13.2 Å². The van der Waals surface area contributed by atoms with E-state index in [0.29, 0.717) is 41.0 Å². The summed E-state index contributed by atoms with van der Waals surface area (Å²) in [7, 11) is 0. The highest BCUT2D eigenvalue weighted by Gasteiger charge is 2.22. The van der Waals surface area contributed by atoms with Crippen LogP contribution in [0.2, 0.25) is 5.02 Å². The first-order valence-electron chi connectivity index (χ1n) is 8.91. The van der Waals surface area contributed by atoms with Crippen molar-refractivity contribution < 1.29 is 19.0 Å². The largest absolute Gasteiger partial charge is 0.486 e. The maximum atomic E-state index is 12.7. The van der Waals surface area contributed by atoms with Gasteiger partial charge in [0.15, 0.2) is 11.5 Å². The van der Waals surface area contributed by atoms with Gasteiger partial charge in [0.25, 0.3) is 0 Å². The number of para-hydroxylation sites is 1. The van der Waals surface area contributed by atoms with E-state index in [1.165, 1.54) is 0 Å². The normalized spacial score (nSPS) is 12.7. The van der Waals surface area contributed by atoms with Gasteiger partial charge in [-0.2, -0.15) is 5.10 Å². The van der Waals surface area contributed by atoms with Crippen LogP contribution in [0.25, 0.3) is 5.69 Å². The fourth-order valence-corrected chi connectivity index (χ4v) is 3.52. The van der Waals surface area contributed by atoms with E-state index >= 15 is 0 Å². The Kier molecular flexibility index (Phi) is 4.96. The van der Waals surface area contributed by atoms with Crippen LogP contribution in [0.15, 0.2) is 42.5 Å². The van der Waals surface area contributed by atoms with Crippen molar-refractivity contribution in [3.8, 4) is 17.2 Å². The third-order valence-electron chi connectivity index (χ3n) is 4.52. The van der Waals surface area contributed by atoms with Crippen LogP contribution < -0.4 is 9.47 Å². The first-order valence-corrected chi connectivity index (χ1v) is 9.29. The van der Waals surface area contributed by atoms with Crippen LogP contribution >= 0.6 is 11.6 Å². The maximum absolute atomic E-state index is 12.7. The molecule has 0 unspecified atom stereocenters. The summed E-state index contributed by atoms with van der Waals surface area (Å²) in [6.45, 7) is 4.65. The van der Waals surface area contributed by atoms with E-state index in [1.54, 1.807) is 23.7 Å². The van der Waals surface area contributed by atoms with Crippen LogP contribution in [0, 0.1) is 13.8 Å². The third kappa shape index (κ3) is 3.43. The molecule has 0 radical (unpaired) electrons. The lowest BCUT2D eigenvalue weighted by Gasteiger charge is -2.20. The summed E-state index contributed by atoms with van der Waals surface area (Å²) in [5.41, 5.74) is 3.43. The lowest BCUT2D eigenvalue weighted by molar-refractivity contribution is 0.0470. The van der Waals surface area contributed by atoms with Gasteiger partial charge in [-0.15, -0.1) is 0 Å². The van der Waals surface area contributed by atoms with Gasteiger partial charge in [0.1, 0.15) is 25.4 Å². The van der Waals surface area contributed by atoms with Crippen molar-refractivity contribution in [2.45, 2.75) is 20.5 Å². The minimum absolute atomic E-state index is 0.0740. The lowest BCUT2D eigenvalue weighted by atomic mass is 10.2. The Hall–Kier alpha value is -2.99. The van der Waals surface area contributed by atoms with Crippen LogP contribution in [0.3, 0.4) is 0 Å². The minimum Gasteiger partial charge on any atom is -0.486 e. The Bertz CT molecular complexity index is 1030. The molecule has 6 nitrogen and oxygen atoms in total. The Morgan fingerprint density at radius 2 is 1.93 bits per heavy atom. The van der Waals surface area contributed by atoms with Crippen LogP contribution in [-0.2, 0) is 11.3 Å². The number of ether oxygens (including phenoxy) is 3. The first-order chi connectivity index (χ1) is 13.5. The highest BCUT2D eigenvalue weighted by atomic mass is 35.5. The molecule has 2 heterocycles. The number of rotatable bonds is 4. The second-order valence-electron chi connectivity index (χ2n) is 6.47. The summed E-state index contributed by atoms with van der Waals surface area (Å²) in [6, 6.07) is 13.2. The molecule has 144 valence electrons. The molecule has 7 heteroatoms. The Labute approximate surface area is 167 Å². The number of nitrogens with zero attached hydrogens (tertiary/aromatic N) is 2. The lowest BCUT2D eigenvalue weighted by Crippen LogP contribution is -2.16. The van der Waals surface area contributed by atoms with Crippen LogP contribution in [-0.4, -0.2) is 29.0 Å². The molecule has 0 N–H and O–H groups in total. The van der Waals surface area contributed by atoms with Crippen molar-refractivity contribution >= 4 is 17.6 Å². The smallest absolute Gasteiger partial charge is 0.342 e. The molecule has 1 aliphatic rings. The summed E-state index contributed by atoms with van der Waals surface area (Å²) in [5, 5.41) is 4.92. The SMILES string of the molecule is Cc1nn(-c2ccccc2)c(C)c1C(=O)OCc1cc(Cl)c2c(c1)OCCO2. The summed E-state index contributed by atoms with van der Waals surface area (Å²) >= 11 is 6.24. The van der Waals surface area contributed by atoms with Gasteiger partial charge in [0, 0.05) is 0 Å². The van der Waals surface area contributed by atoms with Crippen LogP contribution in [0.1, 0.15) is 27.3 Å². The van der Waals surface area contributed by atoms with Crippen molar-refractivity contribution in [1.29, 1.82) is 0 Å². The van der Waals surface area contributed by atoms with Gasteiger partial charge in [-0.3, -0.25) is 0 Å². The van der Waals surface area contributed by atoms with E-state index in [4.69, 9.17) is 25.8 Å². The van der Waals surface area contributed by atoms with Crippen molar-refractivity contribution in [3.63, 3.8) is 0 Å². The molecular formula is C21H19ClN2O4. The zero-order valence-electron chi connectivity index (χ0n) is 15.6. The Balaban J connectivity index is 1.54. The molecule has 1 aromatic heterocycles. The number of benzene rings is 2. The van der Waals surface area contributed by atoms with E-state index in [2.05, 4.69) is 5.10 Å². The molecular weight excluding hydrogens is 380 g/mol. The van der Waals surface area contributed by atoms with Crippen molar-refractivity contribution in [2.24, 2.45) is 0 Å². The number of hydrogen-bond donors (Lipinski definition) is 0. The second-order valence-corrected chi connectivity index (χ2v) is 6.88. The Morgan fingerprint density at radius 1 is 1.18 bits per heavy atom. The monoisotopic (exact) mass is 398 g/mol. The summed E-state index contributed by atoms with van der Waals surface area (Å²) < 4.78 is 18.3. The topological polar surface area (TPSA) is 62.6 Å². The van der Waals surface area contributed by atoms with Crippen LogP contribution in [0.5, 0.6) is 11.5 Å². The minimum atomic E-state index is -0.428. The zero-order chi connectivity index (χ0) is 19.7. The van der Waals surface area contributed by atoms with Gasteiger partial charge >= 0.3 is 5.97 Å². The predicted octanol–water partition coefficient (Wildman–Crippen LogP) is 4.27. The van der Waals surface area contributed by atoms with Gasteiger partial charge in [0.2, 0.25) is 0 Å². The average molecular weight is 399 g/mol. The van der Waals surface area contributed by atoms with E-state index in [1.807, 2.05) is 37.3 Å². The van der Waals surface area contributed by atoms with Crippen molar-refractivity contribution in [1.82, 2.24) is 9.78 Å². The number of fused-ring (bicyclic) bond motifs is 1. The molecule has 2 aromatic carbocycles. The van der Waals surface area contributed by atoms with Gasteiger partial charge < -0.3 is 14.2 Å². The zero-order valence-corrected chi connectivity index (χ0v) is 16.3. The first kappa shape index (κ1) is 18.4. The Morgan fingerprint density at radius 3 is 2.71 bits per heavy atom. The van der Waals surface area contributed by atoms with E-state index in [-0.39, 0.29) is 6.61 Å². The van der Waals surface area contributed by atoms with Crippen molar-refractivity contribution in [3.05, 3.63) is 70.0 Å². The molecule has 0 saturated heterocycles. The maximum Gasteiger partial charge on any atom is 0.342 e. The summed E-state index contributed by atoms with van der Waals surface area (Å²) in [6.07, 6.45) is 0. The van der Waals surface area contributed by atoms with E-state index in [9.17, 15) is 4.79 Å². The van der Waals surface area contributed by atoms with Gasteiger partial charge in [0.05, 0.1) is 22.1 Å². The average Bonchev–Trinajstić information content (AvgIpc) is 3.01. The van der Waals surface area contributed by atoms with E-state index in [0.717, 1.165) is 16.9 Å². The van der Waals surface area contributed by atoms with E-state index < -0.39 is 5.97 Å². The van der Waals surface area contributed by atoms with Crippen LogP contribution in [0.4, 0.5) is 0 Å². The molecule has 0 aliphatic carbocycles. The number of esters is 1. The number of halogens is 1. The number of aromatic nitrogens is 2. The number of carbonyl (C=O) groups is 1. The highest BCUT2D eigenvalue weighted by Crippen LogP contribution is 2.38. The fraction of sp³-hybridized carbons (Fsp3) is 0.238. The molecule has 0 amide bonds. The summed E-state index contributed by atoms with van der Waals surface area (Å²) in [5.74, 6) is 0.663. The second kappa shape index (κ2) is 7.56. The predicted molar refractivity (Wildman–Crippen MR) is 105 cm³/mol. The van der Waals surface area contributed by atoms with Gasteiger partial charge in [-0.1, -0.05) is 29.8 Å². The standard InChI is InChI=1S/C21H19ClN2O4/c1-13-19(14(2)24(23-13)16-6-4-3-5-7-16)21(25)28-12-15-10-17(22)20-18(11-15)26-8-9-27-20/h3-7,10-11H,8-9,12H2,1-2H3. The number of hydrogen-bond acceptors (Lipinski definition) is 5. The molecule has 1 aliphatic heterocycles. The third-order valence-corrected chi connectivity index (χ3v) is 4.80. The molecule has 3 aromatic rings. The quantitative estimate of drug-likeness (QED) is 0.614. The number of carbonyl (C=O) groups excluding carboxylic acids is 1. The molecule has 0 bridgehead atoms. The highest BCUT2D eigenvalue weighted by molar-refractivity contribution is 6.32. The molecule has 0 spiro atoms. The number of aryl methyl sites for hydroxylation is 1. The van der Waals surface area contributed by atoms with Gasteiger partial charge in [-0.25, -0.2) is 9.48 Å². The molecule has 28 heavy (non-hydrogen) atoms. The molecule has 0 saturated carbocycles. The summed E-state index contributed by atoms with van der Waals surface area (Å²) in [4.78, 5) is 12.7. The molecule has 0 atom stereocenters. The van der Waals surface area contributed by atoms with Gasteiger partial charge in [-0.05, 0) is 43.7 Å². The molecule has 4 rings (SSSR count). The molecule has 0 fully saturated rings.